The highest BCUT2D eigenvalue weighted by atomic mass is 16.5. The van der Waals surface area contributed by atoms with Crippen LogP contribution in [0.5, 0.6) is 0 Å². The summed E-state index contributed by atoms with van der Waals surface area (Å²) in [6, 6.07) is 0. The number of guanidine groups is 1. The van der Waals surface area contributed by atoms with E-state index in [1.165, 1.54) is 38.9 Å². The SMILES string of the molecule is CN=C(NCCCN1CCC(C)CC1)NCCCN1CC(C)OC(C)C1. The third-order valence-corrected chi connectivity index (χ3v) is 5.48. The van der Waals surface area contributed by atoms with Gasteiger partial charge in [0.25, 0.3) is 0 Å². The van der Waals surface area contributed by atoms with E-state index >= 15 is 0 Å². The molecule has 0 aromatic carbocycles. The maximum atomic E-state index is 5.79. The zero-order valence-corrected chi connectivity index (χ0v) is 17.5. The molecule has 2 N–H and O–H groups in total. The lowest BCUT2D eigenvalue weighted by Gasteiger charge is -2.35. The van der Waals surface area contributed by atoms with Crippen molar-refractivity contribution in [2.75, 3.05) is 59.4 Å². The lowest BCUT2D eigenvalue weighted by atomic mass is 9.99. The van der Waals surface area contributed by atoms with Gasteiger partial charge in [0.2, 0.25) is 0 Å². The number of nitrogens with one attached hydrogen (secondary N) is 2. The van der Waals surface area contributed by atoms with Crippen LogP contribution in [-0.4, -0.2) is 87.4 Å². The predicted octanol–water partition coefficient (Wildman–Crippen LogP) is 1.77. The number of piperidine rings is 1. The van der Waals surface area contributed by atoms with Crippen molar-refractivity contribution in [3.63, 3.8) is 0 Å². The van der Waals surface area contributed by atoms with E-state index in [0.29, 0.717) is 12.2 Å². The molecule has 2 aliphatic heterocycles. The summed E-state index contributed by atoms with van der Waals surface area (Å²) < 4.78 is 5.79. The highest BCUT2D eigenvalue weighted by Gasteiger charge is 2.21. The average molecular weight is 368 g/mol. The van der Waals surface area contributed by atoms with E-state index in [-0.39, 0.29) is 0 Å². The first-order valence-electron chi connectivity index (χ1n) is 10.6. The molecule has 2 fully saturated rings. The van der Waals surface area contributed by atoms with Gasteiger partial charge >= 0.3 is 0 Å². The van der Waals surface area contributed by atoms with Crippen LogP contribution in [0, 0.1) is 5.92 Å². The summed E-state index contributed by atoms with van der Waals surface area (Å²) in [5, 5.41) is 6.89. The minimum absolute atomic E-state index is 0.351. The van der Waals surface area contributed by atoms with Crippen LogP contribution in [0.2, 0.25) is 0 Å². The standard InChI is InChI=1S/C20H41N5O/c1-17-7-13-24(14-8-17)11-5-9-22-20(21-4)23-10-6-12-25-15-18(2)26-19(3)16-25/h17-19H,5-16H2,1-4H3,(H2,21,22,23). The molecule has 2 aliphatic rings. The first-order valence-corrected chi connectivity index (χ1v) is 10.6. The second-order valence-electron chi connectivity index (χ2n) is 8.17. The number of aliphatic imine (C=N–C) groups is 1. The Morgan fingerprint density at radius 2 is 1.46 bits per heavy atom. The van der Waals surface area contributed by atoms with Crippen molar-refractivity contribution in [3.8, 4) is 0 Å². The molecule has 152 valence electrons. The molecule has 26 heavy (non-hydrogen) atoms. The number of nitrogens with zero attached hydrogens (tertiary/aromatic N) is 3. The molecule has 0 spiro atoms. The Bertz CT molecular complexity index is 399. The highest BCUT2D eigenvalue weighted by Crippen LogP contribution is 2.15. The van der Waals surface area contributed by atoms with E-state index in [0.717, 1.165) is 51.0 Å². The van der Waals surface area contributed by atoms with Gasteiger partial charge in [-0.05, 0) is 65.1 Å². The number of rotatable bonds is 8. The van der Waals surface area contributed by atoms with Gasteiger partial charge in [-0.2, -0.15) is 0 Å². The number of hydrogen-bond donors (Lipinski definition) is 2. The average Bonchev–Trinajstić information content (AvgIpc) is 2.61. The van der Waals surface area contributed by atoms with Crippen LogP contribution in [0.1, 0.15) is 46.5 Å². The molecule has 0 saturated carbocycles. The monoisotopic (exact) mass is 367 g/mol. The van der Waals surface area contributed by atoms with Crippen molar-refractivity contribution >= 4 is 5.96 Å². The Morgan fingerprint density at radius 3 is 2.00 bits per heavy atom. The summed E-state index contributed by atoms with van der Waals surface area (Å²) in [7, 11) is 1.85. The lowest BCUT2D eigenvalue weighted by molar-refractivity contribution is -0.0679. The van der Waals surface area contributed by atoms with Gasteiger partial charge in [-0.15, -0.1) is 0 Å². The molecule has 6 nitrogen and oxygen atoms in total. The van der Waals surface area contributed by atoms with E-state index in [2.05, 4.69) is 46.2 Å². The minimum atomic E-state index is 0.351. The Hall–Kier alpha value is -0.850. The van der Waals surface area contributed by atoms with Crippen molar-refractivity contribution in [2.24, 2.45) is 10.9 Å². The summed E-state index contributed by atoms with van der Waals surface area (Å²) >= 11 is 0. The normalized spacial score (nSPS) is 26.8. The molecule has 2 rings (SSSR count). The molecular formula is C20H41N5O. The molecule has 2 unspecified atom stereocenters. The lowest BCUT2D eigenvalue weighted by Crippen LogP contribution is -2.46. The van der Waals surface area contributed by atoms with Gasteiger partial charge in [-0.25, -0.2) is 0 Å². The fourth-order valence-electron chi connectivity index (χ4n) is 3.99. The number of morpholine rings is 1. The molecule has 0 aromatic rings. The second kappa shape index (κ2) is 11.8. The second-order valence-corrected chi connectivity index (χ2v) is 8.17. The third kappa shape index (κ3) is 8.23. The first-order chi connectivity index (χ1) is 12.6. The van der Waals surface area contributed by atoms with Crippen molar-refractivity contribution < 1.29 is 4.74 Å². The van der Waals surface area contributed by atoms with E-state index in [1.807, 2.05) is 7.05 Å². The van der Waals surface area contributed by atoms with Crippen molar-refractivity contribution in [1.29, 1.82) is 0 Å². The number of hydrogen-bond acceptors (Lipinski definition) is 4. The van der Waals surface area contributed by atoms with Crippen molar-refractivity contribution in [2.45, 2.75) is 58.7 Å². The quantitative estimate of drug-likeness (QED) is 0.389. The van der Waals surface area contributed by atoms with Crippen molar-refractivity contribution in [1.82, 2.24) is 20.4 Å². The van der Waals surface area contributed by atoms with Gasteiger partial charge in [-0.1, -0.05) is 6.92 Å². The fourth-order valence-corrected chi connectivity index (χ4v) is 3.99. The predicted molar refractivity (Wildman–Crippen MR) is 110 cm³/mol. The van der Waals surface area contributed by atoms with Crippen molar-refractivity contribution in [3.05, 3.63) is 0 Å². The van der Waals surface area contributed by atoms with Gasteiger partial charge in [0, 0.05) is 39.8 Å². The molecule has 0 aromatic heterocycles. The summed E-state index contributed by atoms with van der Waals surface area (Å²) in [5.41, 5.74) is 0. The van der Waals surface area contributed by atoms with Crippen LogP contribution < -0.4 is 10.6 Å². The topological polar surface area (TPSA) is 52.1 Å². The van der Waals surface area contributed by atoms with E-state index in [1.54, 1.807) is 0 Å². The van der Waals surface area contributed by atoms with Crippen LogP contribution >= 0.6 is 0 Å². The van der Waals surface area contributed by atoms with Crippen LogP contribution in [0.4, 0.5) is 0 Å². The Labute approximate surface area is 160 Å². The van der Waals surface area contributed by atoms with E-state index in [4.69, 9.17) is 4.74 Å². The summed E-state index contributed by atoms with van der Waals surface area (Å²) in [5.74, 6) is 1.84. The molecule has 6 heteroatoms. The molecule has 2 atom stereocenters. The highest BCUT2D eigenvalue weighted by molar-refractivity contribution is 5.79. The molecule has 0 bridgehead atoms. The molecule has 0 radical (unpaired) electrons. The molecular weight excluding hydrogens is 326 g/mol. The van der Waals surface area contributed by atoms with E-state index < -0.39 is 0 Å². The van der Waals surface area contributed by atoms with Gasteiger partial charge in [0.1, 0.15) is 0 Å². The summed E-state index contributed by atoms with van der Waals surface area (Å²) in [6.45, 7) is 15.6. The fraction of sp³-hybridized carbons (Fsp3) is 0.950. The first kappa shape index (κ1) is 21.5. The molecule has 0 aliphatic carbocycles. The van der Waals surface area contributed by atoms with Gasteiger partial charge in [0.15, 0.2) is 5.96 Å². The number of ether oxygens (including phenoxy) is 1. The maximum absolute atomic E-state index is 5.79. The number of likely N-dealkylation sites (tertiary alicyclic amines) is 1. The van der Waals surface area contributed by atoms with Gasteiger partial charge < -0.3 is 20.3 Å². The van der Waals surface area contributed by atoms with Crippen LogP contribution in [-0.2, 0) is 4.74 Å². The Balaban J connectivity index is 1.50. The summed E-state index contributed by atoms with van der Waals surface area (Å²) in [6.07, 6.45) is 5.73. The van der Waals surface area contributed by atoms with E-state index in [9.17, 15) is 0 Å². The minimum Gasteiger partial charge on any atom is -0.373 e. The maximum Gasteiger partial charge on any atom is 0.190 e. The van der Waals surface area contributed by atoms with Gasteiger partial charge in [-0.3, -0.25) is 9.89 Å². The van der Waals surface area contributed by atoms with Crippen LogP contribution in [0.3, 0.4) is 0 Å². The van der Waals surface area contributed by atoms with Crippen LogP contribution in [0.15, 0.2) is 4.99 Å². The Kier molecular flexibility index (Phi) is 9.72. The van der Waals surface area contributed by atoms with Crippen LogP contribution in [0.25, 0.3) is 0 Å². The Morgan fingerprint density at radius 1 is 0.923 bits per heavy atom. The molecule has 2 saturated heterocycles. The summed E-state index contributed by atoms with van der Waals surface area (Å²) in [4.78, 5) is 9.45. The third-order valence-electron chi connectivity index (χ3n) is 5.48. The molecule has 0 amide bonds. The zero-order chi connectivity index (χ0) is 18.8. The zero-order valence-electron chi connectivity index (χ0n) is 17.5. The van der Waals surface area contributed by atoms with Gasteiger partial charge in [0.05, 0.1) is 12.2 Å². The largest absolute Gasteiger partial charge is 0.373 e. The molecule has 2 heterocycles. The smallest absolute Gasteiger partial charge is 0.190 e.